The van der Waals surface area contributed by atoms with Gasteiger partial charge in [-0.25, -0.2) is 9.97 Å². The fourth-order valence-corrected chi connectivity index (χ4v) is 4.07. The highest BCUT2D eigenvalue weighted by molar-refractivity contribution is 7.98. The van der Waals surface area contributed by atoms with Crippen LogP contribution < -0.4 is 5.73 Å². The first-order valence-electron chi connectivity index (χ1n) is 6.02. The highest BCUT2D eigenvalue weighted by Gasteiger charge is 2.14. The minimum Gasteiger partial charge on any atom is -0.375 e. The van der Waals surface area contributed by atoms with Crippen molar-refractivity contribution < 1.29 is 0 Å². The van der Waals surface area contributed by atoms with Crippen molar-refractivity contribution in [3.05, 3.63) is 16.1 Å². The number of hydrogen-bond donors (Lipinski definition) is 1. The van der Waals surface area contributed by atoms with Crippen LogP contribution in [0.1, 0.15) is 31.0 Å². The number of nitrogens with zero attached hydrogens (tertiary/aromatic N) is 2. The van der Waals surface area contributed by atoms with Crippen LogP contribution in [0.15, 0.2) is 5.38 Å². The Labute approximate surface area is 120 Å². The number of aryl methyl sites for hydroxylation is 1. The van der Waals surface area contributed by atoms with Gasteiger partial charge in [-0.05, 0) is 12.2 Å². The molecule has 2 aromatic heterocycles. The van der Waals surface area contributed by atoms with E-state index in [9.17, 15) is 0 Å². The molecule has 0 spiro atoms. The van der Waals surface area contributed by atoms with Crippen LogP contribution in [0.5, 0.6) is 0 Å². The Morgan fingerprint density at radius 1 is 1.33 bits per heavy atom. The quantitative estimate of drug-likeness (QED) is 0.874. The molecule has 0 atom stereocenters. The monoisotopic (exact) mass is 299 g/mol. The van der Waals surface area contributed by atoms with Gasteiger partial charge >= 0.3 is 0 Å². The summed E-state index contributed by atoms with van der Waals surface area (Å²) in [5, 5.41) is 3.86. The van der Waals surface area contributed by atoms with Crippen molar-refractivity contribution in [3.8, 4) is 10.6 Å². The van der Waals surface area contributed by atoms with Crippen molar-refractivity contribution in [2.75, 3.05) is 11.5 Å². The maximum absolute atomic E-state index is 5.71. The number of thiazole rings is 2. The molecule has 0 aromatic carbocycles. The fourth-order valence-electron chi connectivity index (χ4n) is 1.65. The standard InChI is InChI=1S/C12H17N3S3/c1-3-5-8-11(9-6-17-12(13)15-9)18-10(14-8)7-16-4-2/h6H,3-5,7H2,1-2H3,(H2,13,15). The van der Waals surface area contributed by atoms with E-state index in [1.165, 1.54) is 26.9 Å². The summed E-state index contributed by atoms with van der Waals surface area (Å²) in [7, 11) is 0. The van der Waals surface area contributed by atoms with Crippen molar-refractivity contribution in [2.24, 2.45) is 0 Å². The Balaban J connectivity index is 2.28. The minimum absolute atomic E-state index is 0.630. The van der Waals surface area contributed by atoms with Crippen LogP contribution in [0.3, 0.4) is 0 Å². The number of thioether (sulfide) groups is 1. The van der Waals surface area contributed by atoms with E-state index in [-0.39, 0.29) is 0 Å². The lowest BCUT2D eigenvalue weighted by Gasteiger charge is -1.95. The minimum atomic E-state index is 0.630. The molecule has 0 saturated heterocycles. The van der Waals surface area contributed by atoms with Crippen molar-refractivity contribution in [3.63, 3.8) is 0 Å². The summed E-state index contributed by atoms with van der Waals surface area (Å²) in [5.74, 6) is 2.12. The Morgan fingerprint density at radius 3 is 2.78 bits per heavy atom. The molecule has 6 heteroatoms. The van der Waals surface area contributed by atoms with Gasteiger partial charge in [-0.3, -0.25) is 0 Å². The van der Waals surface area contributed by atoms with Gasteiger partial charge in [0.15, 0.2) is 5.13 Å². The summed E-state index contributed by atoms with van der Waals surface area (Å²) in [6.45, 7) is 4.35. The molecule has 0 saturated carbocycles. The first-order valence-corrected chi connectivity index (χ1v) is 8.87. The average Bonchev–Trinajstić information content (AvgIpc) is 2.93. The molecule has 2 aromatic rings. The van der Waals surface area contributed by atoms with Crippen molar-refractivity contribution in [1.29, 1.82) is 0 Å². The molecule has 0 fully saturated rings. The molecular formula is C12H17N3S3. The Bertz CT molecular complexity index is 504. The second kappa shape index (κ2) is 6.54. The van der Waals surface area contributed by atoms with Gasteiger partial charge in [0.05, 0.1) is 16.3 Å². The highest BCUT2D eigenvalue weighted by Crippen LogP contribution is 2.33. The van der Waals surface area contributed by atoms with E-state index >= 15 is 0 Å². The summed E-state index contributed by atoms with van der Waals surface area (Å²) in [4.78, 5) is 10.3. The second-order valence-corrected chi connectivity index (χ2v) is 7.09. The molecule has 98 valence electrons. The predicted octanol–water partition coefficient (Wildman–Crippen LogP) is 4.05. The largest absolute Gasteiger partial charge is 0.375 e. The molecular weight excluding hydrogens is 282 g/mol. The third-order valence-electron chi connectivity index (χ3n) is 2.41. The third kappa shape index (κ3) is 3.24. The van der Waals surface area contributed by atoms with Crippen LogP contribution in [0.2, 0.25) is 0 Å². The van der Waals surface area contributed by atoms with Gasteiger partial charge in [0.1, 0.15) is 5.01 Å². The van der Waals surface area contributed by atoms with E-state index in [1.54, 1.807) is 11.3 Å². The normalized spacial score (nSPS) is 11.0. The van der Waals surface area contributed by atoms with E-state index in [1.807, 2.05) is 17.1 Å². The number of nitrogens with two attached hydrogens (primary N) is 1. The molecule has 3 nitrogen and oxygen atoms in total. The Hall–Kier alpha value is -0.590. The third-order valence-corrected chi connectivity index (χ3v) is 5.28. The molecule has 0 radical (unpaired) electrons. The van der Waals surface area contributed by atoms with E-state index in [0.717, 1.165) is 30.0 Å². The lowest BCUT2D eigenvalue weighted by molar-refractivity contribution is 0.888. The van der Waals surface area contributed by atoms with Gasteiger partial charge in [-0.2, -0.15) is 11.8 Å². The van der Waals surface area contributed by atoms with E-state index < -0.39 is 0 Å². The van der Waals surface area contributed by atoms with Crippen LogP contribution in [-0.2, 0) is 12.2 Å². The van der Waals surface area contributed by atoms with Gasteiger partial charge in [-0.1, -0.05) is 20.3 Å². The van der Waals surface area contributed by atoms with Crippen molar-refractivity contribution in [2.45, 2.75) is 32.4 Å². The lowest BCUT2D eigenvalue weighted by Crippen LogP contribution is -1.89. The van der Waals surface area contributed by atoms with Gasteiger partial charge in [0.25, 0.3) is 0 Å². The molecule has 2 rings (SSSR count). The summed E-state index contributed by atoms with van der Waals surface area (Å²) in [6.07, 6.45) is 2.12. The van der Waals surface area contributed by atoms with Crippen LogP contribution in [0.25, 0.3) is 10.6 Å². The maximum atomic E-state index is 5.71. The van der Waals surface area contributed by atoms with Crippen molar-refractivity contribution in [1.82, 2.24) is 9.97 Å². The fraction of sp³-hybridized carbons (Fsp3) is 0.500. The highest BCUT2D eigenvalue weighted by atomic mass is 32.2. The average molecular weight is 299 g/mol. The summed E-state index contributed by atoms with van der Waals surface area (Å²) in [5.41, 5.74) is 7.89. The summed E-state index contributed by atoms with van der Waals surface area (Å²) < 4.78 is 0. The van der Waals surface area contributed by atoms with Crippen LogP contribution in [0.4, 0.5) is 5.13 Å². The van der Waals surface area contributed by atoms with Gasteiger partial charge < -0.3 is 5.73 Å². The zero-order chi connectivity index (χ0) is 13.0. The Kier molecular flexibility index (Phi) is 5.03. The number of anilines is 1. The molecule has 0 unspecified atom stereocenters. The summed E-state index contributed by atoms with van der Waals surface area (Å²) >= 11 is 5.16. The zero-order valence-corrected chi connectivity index (χ0v) is 13.1. The van der Waals surface area contributed by atoms with Gasteiger partial charge in [0.2, 0.25) is 0 Å². The topological polar surface area (TPSA) is 51.8 Å². The molecule has 2 heterocycles. The number of nitrogen functional groups attached to an aromatic ring is 1. The first kappa shape index (κ1) is 13.8. The number of hydrogen-bond acceptors (Lipinski definition) is 6. The summed E-state index contributed by atoms with van der Waals surface area (Å²) in [6, 6.07) is 0. The molecule has 2 N–H and O–H groups in total. The van der Waals surface area contributed by atoms with Crippen LogP contribution in [-0.4, -0.2) is 15.7 Å². The molecule has 0 bridgehead atoms. The second-order valence-electron chi connectivity index (χ2n) is 3.84. The molecule has 0 aliphatic rings. The first-order chi connectivity index (χ1) is 8.74. The van der Waals surface area contributed by atoms with E-state index in [2.05, 4.69) is 18.8 Å². The van der Waals surface area contributed by atoms with Gasteiger partial charge in [0, 0.05) is 11.1 Å². The molecule has 0 aliphatic carbocycles. The van der Waals surface area contributed by atoms with Crippen molar-refractivity contribution >= 4 is 39.6 Å². The zero-order valence-electron chi connectivity index (χ0n) is 10.6. The molecule has 0 aliphatic heterocycles. The maximum Gasteiger partial charge on any atom is 0.180 e. The number of aromatic nitrogens is 2. The van der Waals surface area contributed by atoms with Crippen LogP contribution in [0, 0.1) is 0 Å². The molecule has 0 amide bonds. The smallest absolute Gasteiger partial charge is 0.180 e. The number of rotatable bonds is 6. The molecule has 18 heavy (non-hydrogen) atoms. The van der Waals surface area contributed by atoms with E-state index in [0.29, 0.717) is 5.13 Å². The van der Waals surface area contributed by atoms with Gasteiger partial charge in [-0.15, -0.1) is 22.7 Å². The van der Waals surface area contributed by atoms with Crippen LogP contribution >= 0.6 is 34.4 Å². The SMILES string of the molecule is CCCc1nc(CSCC)sc1-c1csc(N)n1. The lowest BCUT2D eigenvalue weighted by atomic mass is 10.2. The van der Waals surface area contributed by atoms with E-state index in [4.69, 9.17) is 10.7 Å². The predicted molar refractivity (Wildman–Crippen MR) is 83.5 cm³/mol. The Morgan fingerprint density at radius 2 is 2.17 bits per heavy atom.